The van der Waals surface area contributed by atoms with Gasteiger partial charge in [-0.3, -0.25) is 4.79 Å². The third-order valence-electron chi connectivity index (χ3n) is 2.36. The maximum atomic E-state index is 11.2. The van der Waals surface area contributed by atoms with Crippen molar-refractivity contribution in [3.05, 3.63) is 0 Å². The van der Waals surface area contributed by atoms with Crippen LogP contribution in [0.4, 0.5) is 0 Å². The number of hydrogen-bond donors (Lipinski definition) is 2. The van der Waals surface area contributed by atoms with E-state index < -0.39 is 0 Å². The Hall–Kier alpha value is -0.570. The highest BCUT2D eigenvalue weighted by molar-refractivity contribution is 5.75. The molecule has 3 heteroatoms. The Morgan fingerprint density at radius 2 is 1.54 bits per heavy atom. The van der Waals surface area contributed by atoms with E-state index in [1.54, 1.807) is 0 Å². The van der Waals surface area contributed by atoms with Crippen molar-refractivity contribution in [1.82, 2.24) is 10.6 Å². The summed E-state index contributed by atoms with van der Waals surface area (Å²) in [6, 6.07) is 0. The fraction of sp³-hybridized carbons (Fsp3) is 0.900. The molecular weight excluding hydrogens is 164 g/mol. The van der Waals surface area contributed by atoms with Gasteiger partial charge in [0.25, 0.3) is 0 Å². The molecule has 3 nitrogen and oxygen atoms in total. The van der Waals surface area contributed by atoms with Crippen LogP contribution in [0, 0.1) is 0 Å². The van der Waals surface area contributed by atoms with E-state index in [0.717, 1.165) is 38.9 Å². The summed E-state index contributed by atoms with van der Waals surface area (Å²) in [7, 11) is 0. The Kier molecular flexibility index (Phi) is 5.57. The first-order valence-corrected chi connectivity index (χ1v) is 5.37. The molecule has 1 heterocycles. The van der Waals surface area contributed by atoms with Crippen molar-refractivity contribution in [2.24, 2.45) is 0 Å². The van der Waals surface area contributed by atoms with E-state index in [4.69, 9.17) is 0 Å². The van der Waals surface area contributed by atoms with Gasteiger partial charge in [-0.15, -0.1) is 0 Å². The van der Waals surface area contributed by atoms with Crippen LogP contribution in [0.15, 0.2) is 0 Å². The van der Waals surface area contributed by atoms with E-state index in [1.807, 2.05) is 0 Å². The molecule has 13 heavy (non-hydrogen) atoms. The monoisotopic (exact) mass is 184 g/mol. The van der Waals surface area contributed by atoms with Gasteiger partial charge in [0.15, 0.2) is 0 Å². The number of carbonyl (C=O) groups excluding carboxylic acids is 1. The lowest BCUT2D eigenvalue weighted by Gasteiger charge is -2.08. The quantitative estimate of drug-likeness (QED) is 0.591. The maximum absolute atomic E-state index is 11.2. The van der Waals surface area contributed by atoms with E-state index in [0.29, 0.717) is 6.42 Å². The predicted molar refractivity (Wildman–Crippen MR) is 53.6 cm³/mol. The zero-order valence-corrected chi connectivity index (χ0v) is 8.27. The van der Waals surface area contributed by atoms with Crippen molar-refractivity contribution < 1.29 is 4.79 Å². The number of nitrogens with one attached hydrogen (secondary N) is 2. The zero-order chi connectivity index (χ0) is 9.36. The third-order valence-corrected chi connectivity index (χ3v) is 2.36. The SMILES string of the molecule is O=C1CCCCNCCCCCN1. The minimum absolute atomic E-state index is 0.223. The van der Waals surface area contributed by atoms with Gasteiger partial charge in [0.05, 0.1) is 0 Å². The molecule has 0 radical (unpaired) electrons. The lowest BCUT2D eigenvalue weighted by atomic mass is 10.2. The molecule has 0 unspecified atom stereocenters. The lowest BCUT2D eigenvalue weighted by Crippen LogP contribution is -2.25. The molecule has 1 aliphatic rings. The Morgan fingerprint density at radius 3 is 2.38 bits per heavy atom. The molecule has 1 saturated heterocycles. The molecule has 0 aromatic heterocycles. The second-order valence-electron chi connectivity index (χ2n) is 3.62. The van der Waals surface area contributed by atoms with Gasteiger partial charge >= 0.3 is 0 Å². The molecule has 0 bridgehead atoms. The van der Waals surface area contributed by atoms with Crippen LogP contribution in [0.25, 0.3) is 0 Å². The average molecular weight is 184 g/mol. The van der Waals surface area contributed by atoms with E-state index in [2.05, 4.69) is 10.6 Å². The molecule has 76 valence electrons. The fourth-order valence-corrected chi connectivity index (χ4v) is 1.53. The molecule has 1 fully saturated rings. The Balaban J connectivity index is 2.14. The largest absolute Gasteiger partial charge is 0.356 e. The Morgan fingerprint density at radius 1 is 0.846 bits per heavy atom. The van der Waals surface area contributed by atoms with Gasteiger partial charge in [0.1, 0.15) is 0 Å². The highest BCUT2D eigenvalue weighted by Crippen LogP contribution is 1.98. The second-order valence-corrected chi connectivity index (χ2v) is 3.62. The van der Waals surface area contributed by atoms with Crippen LogP contribution in [0.3, 0.4) is 0 Å². The number of carbonyl (C=O) groups is 1. The molecule has 2 N–H and O–H groups in total. The van der Waals surface area contributed by atoms with Crippen LogP contribution in [0.5, 0.6) is 0 Å². The van der Waals surface area contributed by atoms with Crippen LogP contribution in [-0.4, -0.2) is 25.5 Å². The smallest absolute Gasteiger partial charge is 0.219 e. The van der Waals surface area contributed by atoms with Crippen molar-refractivity contribution in [2.75, 3.05) is 19.6 Å². The molecule has 0 aliphatic carbocycles. The second kappa shape index (κ2) is 6.89. The summed E-state index contributed by atoms with van der Waals surface area (Å²) >= 11 is 0. The highest BCUT2D eigenvalue weighted by Gasteiger charge is 2.01. The van der Waals surface area contributed by atoms with Crippen LogP contribution in [0.2, 0.25) is 0 Å². The molecule has 0 spiro atoms. The van der Waals surface area contributed by atoms with E-state index in [9.17, 15) is 4.79 Å². The summed E-state index contributed by atoms with van der Waals surface area (Å²) < 4.78 is 0. The topological polar surface area (TPSA) is 41.1 Å². The number of rotatable bonds is 0. The molecule has 1 aliphatic heterocycles. The molecule has 0 aromatic carbocycles. The molecule has 1 amide bonds. The number of hydrogen-bond acceptors (Lipinski definition) is 2. The van der Waals surface area contributed by atoms with E-state index in [1.165, 1.54) is 12.8 Å². The van der Waals surface area contributed by atoms with Crippen LogP contribution >= 0.6 is 0 Å². The van der Waals surface area contributed by atoms with Gasteiger partial charge in [-0.2, -0.15) is 0 Å². The standard InChI is InChI=1S/C10H20N2O/c13-10-6-2-5-8-11-7-3-1-4-9-12-10/h11H,1-9H2,(H,12,13). The summed E-state index contributed by atoms with van der Waals surface area (Å²) in [5.41, 5.74) is 0. The molecule has 0 saturated carbocycles. The van der Waals surface area contributed by atoms with Crippen LogP contribution in [-0.2, 0) is 4.79 Å². The van der Waals surface area contributed by atoms with Crippen molar-refractivity contribution in [3.63, 3.8) is 0 Å². The third kappa shape index (κ3) is 5.64. The summed E-state index contributed by atoms with van der Waals surface area (Å²) in [4.78, 5) is 11.2. The Labute approximate surface area is 80.3 Å². The minimum atomic E-state index is 0.223. The summed E-state index contributed by atoms with van der Waals surface area (Å²) in [5.74, 6) is 0.223. The summed E-state index contributed by atoms with van der Waals surface area (Å²) in [5, 5.41) is 6.33. The van der Waals surface area contributed by atoms with Gasteiger partial charge in [-0.25, -0.2) is 0 Å². The first-order chi connectivity index (χ1) is 6.39. The number of amides is 1. The first-order valence-electron chi connectivity index (χ1n) is 5.37. The van der Waals surface area contributed by atoms with Crippen molar-refractivity contribution in [3.8, 4) is 0 Å². The van der Waals surface area contributed by atoms with E-state index >= 15 is 0 Å². The summed E-state index contributed by atoms with van der Waals surface area (Å²) in [6.07, 6.45) is 6.39. The van der Waals surface area contributed by atoms with Crippen molar-refractivity contribution in [2.45, 2.75) is 38.5 Å². The van der Waals surface area contributed by atoms with Crippen LogP contribution in [0.1, 0.15) is 38.5 Å². The van der Waals surface area contributed by atoms with E-state index in [-0.39, 0.29) is 5.91 Å². The van der Waals surface area contributed by atoms with Crippen molar-refractivity contribution in [1.29, 1.82) is 0 Å². The molecular formula is C10H20N2O. The minimum Gasteiger partial charge on any atom is -0.356 e. The predicted octanol–water partition coefficient (Wildman–Crippen LogP) is 1.05. The Bertz CT molecular complexity index is 134. The van der Waals surface area contributed by atoms with Gasteiger partial charge in [-0.05, 0) is 38.8 Å². The fourth-order valence-electron chi connectivity index (χ4n) is 1.53. The van der Waals surface area contributed by atoms with Gasteiger partial charge in [0, 0.05) is 13.0 Å². The first kappa shape index (κ1) is 10.5. The van der Waals surface area contributed by atoms with Crippen molar-refractivity contribution >= 4 is 5.91 Å². The molecule has 0 aromatic rings. The summed E-state index contributed by atoms with van der Waals surface area (Å²) in [6.45, 7) is 3.06. The normalized spacial score (nSPS) is 22.6. The maximum Gasteiger partial charge on any atom is 0.219 e. The van der Waals surface area contributed by atoms with Gasteiger partial charge < -0.3 is 10.6 Å². The van der Waals surface area contributed by atoms with Crippen LogP contribution < -0.4 is 10.6 Å². The van der Waals surface area contributed by atoms with Gasteiger partial charge in [0.2, 0.25) is 5.91 Å². The lowest BCUT2D eigenvalue weighted by molar-refractivity contribution is -0.121. The highest BCUT2D eigenvalue weighted by atomic mass is 16.1. The van der Waals surface area contributed by atoms with Gasteiger partial charge in [-0.1, -0.05) is 6.42 Å². The molecule has 1 rings (SSSR count). The molecule has 0 atom stereocenters. The zero-order valence-electron chi connectivity index (χ0n) is 8.27. The average Bonchev–Trinajstić information content (AvgIpc) is 2.11.